The van der Waals surface area contributed by atoms with Crippen molar-refractivity contribution in [3.8, 4) is 0 Å². The molecule has 1 amide bonds. The third-order valence-corrected chi connectivity index (χ3v) is 7.99. The fourth-order valence-corrected chi connectivity index (χ4v) is 5.37. The van der Waals surface area contributed by atoms with Crippen LogP contribution < -0.4 is 5.32 Å². The van der Waals surface area contributed by atoms with Gasteiger partial charge in [0.1, 0.15) is 15.5 Å². The van der Waals surface area contributed by atoms with Gasteiger partial charge in [0, 0.05) is 19.5 Å². The molecule has 0 radical (unpaired) electrons. The second kappa shape index (κ2) is 8.45. The molecule has 1 N–H and O–H groups in total. The predicted octanol–water partition coefficient (Wildman–Crippen LogP) is 4.10. The molecule has 2 aromatic heterocycles. The number of sulfonamides is 1. The molecule has 2 aromatic carbocycles. The van der Waals surface area contributed by atoms with E-state index in [4.69, 9.17) is 0 Å². The number of halogens is 1. The first-order valence-corrected chi connectivity index (χ1v) is 12.0. The van der Waals surface area contributed by atoms with Gasteiger partial charge in [-0.05, 0) is 42.8 Å². The molecule has 10 heteroatoms. The molecule has 0 bridgehead atoms. The first kappa shape index (κ1) is 22.1. The van der Waals surface area contributed by atoms with E-state index in [0.717, 1.165) is 25.8 Å². The number of para-hydroxylation sites is 1. The SMILES string of the molecule is Cc1nn(Cc2ccc(F)cc2)c2sc(C(=O)Nc3ccccc3S(=O)(=O)N(C)C)cc12. The zero-order chi connectivity index (χ0) is 23.0. The Morgan fingerprint density at radius 3 is 2.53 bits per heavy atom. The highest BCUT2D eigenvalue weighted by atomic mass is 32.2. The molecule has 0 saturated carbocycles. The van der Waals surface area contributed by atoms with Crippen LogP contribution >= 0.6 is 11.3 Å². The van der Waals surface area contributed by atoms with Crippen LogP contribution in [-0.2, 0) is 16.6 Å². The van der Waals surface area contributed by atoms with Gasteiger partial charge in [0.15, 0.2) is 0 Å². The van der Waals surface area contributed by atoms with E-state index in [9.17, 15) is 17.6 Å². The minimum absolute atomic E-state index is 0.0260. The van der Waals surface area contributed by atoms with Crippen molar-refractivity contribution in [2.75, 3.05) is 19.4 Å². The van der Waals surface area contributed by atoms with Crippen LogP contribution in [0.5, 0.6) is 0 Å². The zero-order valence-electron chi connectivity index (χ0n) is 17.7. The minimum atomic E-state index is -3.72. The highest BCUT2D eigenvalue weighted by Gasteiger charge is 2.23. The summed E-state index contributed by atoms with van der Waals surface area (Å²) in [5.41, 5.74) is 1.87. The number of anilines is 1. The van der Waals surface area contributed by atoms with Gasteiger partial charge in [-0.1, -0.05) is 24.3 Å². The Labute approximate surface area is 189 Å². The van der Waals surface area contributed by atoms with E-state index >= 15 is 0 Å². The summed E-state index contributed by atoms with van der Waals surface area (Å²) in [6, 6.07) is 14.2. The van der Waals surface area contributed by atoms with E-state index in [-0.39, 0.29) is 16.4 Å². The molecular weight excluding hydrogens is 451 g/mol. The molecule has 0 fully saturated rings. The highest BCUT2D eigenvalue weighted by molar-refractivity contribution is 7.89. The number of carbonyl (C=O) groups excluding carboxylic acids is 1. The van der Waals surface area contributed by atoms with Gasteiger partial charge in [-0.3, -0.25) is 9.48 Å². The van der Waals surface area contributed by atoms with Gasteiger partial charge in [-0.15, -0.1) is 11.3 Å². The monoisotopic (exact) mass is 472 g/mol. The molecule has 0 aliphatic carbocycles. The number of amides is 1. The summed E-state index contributed by atoms with van der Waals surface area (Å²) in [6.07, 6.45) is 0. The van der Waals surface area contributed by atoms with Crippen molar-refractivity contribution in [1.82, 2.24) is 14.1 Å². The van der Waals surface area contributed by atoms with Crippen LogP contribution in [0.1, 0.15) is 20.9 Å². The summed E-state index contributed by atoms with van der Waals surface area (Å²) in [5, 5.41) is 8.11. The van der Waals surface area contributed by atoms with Gasteiger partial charge < -0.3 is 5.32 Å². The van der Waals surface area contributed by atoms with Gasteiger partial charge in [0.05, 0.1) is 22.8 Å². The van der Waals surface area contributed by atoms with Gasteiger partial charge in [0.25, 0.3) is 5.91 Å². The van der Waals surface area contributed by atoms with Crippen LogP contribution in [0.15, 0.2) is 59.5 Å². The van der Waals surface area contributed by atoms with Crippen molar-refractivity contribution in [3.05, 3.63) is 76.5 Å². The maximum Gasteiger partial charge on any atom is 0.265 e. The second-order valence-corrected chi connectivity index (χ2v) is 10.6. The quantitative estimate of drug-likeness (QED) is 0.458. The number of benzene rings is 2. The van der Waals surface area contributed by atoms with Gasteiger partial charge in [-0.2, -0.15) is 5.10 Å². The van der Waals surface area contributed by atoms with Crippen LogP contribution in [0.25, 0.3) is 10.2 Å². The van der Waals surface area contributed by atoms with Crippen molar-refractivity contribution in [3.63, 3.8) is 0 Å². The topological polar surface area (TPSA) is 84.3 Å². The third-order valence-electron chi connectivity index (χ3n) is 4.97. The summed E-state index contributed by atoms with van der Waals surface area (Å²) in [5.74, 6) is -0.706. The summed E-state index contributed by atoms with van der Waals surface area (Å²) in [4.78, 5) is 14.2. The first-order valence-electron chi connectivity index (χ1n) is 9.71. The Bertz CT molecular complexity index is 1410. The molecule has 0 atom stereocenters. The molecule has 4 aromatic rings. The van der Waals surface area contributed by atoms with Crippen molar-refractivity contribution < 1.29 is 17.6 Å². The van der Waals surface area contributed by atoms with Gasteiger partial charge in [0.2, 0.25) is 10.0 Å². The summed E-state index contributed by atoms with van der Waals surface area (Å²) >= 11 is 1.27. The number of nitrogens with zero attached hydrogens (tertiary/aromatic N) is 3. The standard InChI is InChI=1S/C22H21FN4O3S2/c1-14-17-12-19(31-22(17)27(25-14)13-15-8-10-16(23)11-9-15)21(28)24-18-6-4-5-7-20(18)32(29,30)26(2)3/h4-12H,13H2,1-3H3,(H,24,28). The van der Waals surface area contributed by atoms with E-state index in [0.29, 0.717) is 11.4 Å². The van der Waals surface area contributed by atoms with E-state index in [1.807, 2.05) is 6.92 Å². The summed E-state index contributed by atoms with van der Waals surface area (Å²) in [7, 11) is -0.839. The molecule has 0 spiro atoms. The number of rotatable bonds is 6. The normalized spacial score (nSPS) is 11.9. The fourth-order valence-electron chi connectivity index (χ4n) is 3.27. The average Bonchev–Trinajstić information content (AvgIpc) is 3.31. The van der Waals surface area contributed by atoms with Gasteiger partial charge >= 0.3 is 0 Å². The van der Waals surface area contributed by atoms with Crippen LogP contribution in [-0.4, -0.2) is 42.5 Å². The number of hydrogen-bond acceptors (Lipinski definition) is 5. The maximum absolute atomic E-state index is 13.2. The lowest BCUT2D eigenvalue weighted by Gasteiger charge is -2.15. The maximum atomic E-state index is 13.2. The Hall–Kier alpha value is -3.08. The molecular formula is C22H21FN4O3S2. The largest absolute Gasteiger partial charge is 0.320 e. The summed E-state index contributed by atoms with van der Waals surface area (Å²) in [6.45, 7) is 2.30. The molecule has 0 unspecified atom stereocenters. The molecule has 166 valence electrons. The molecule has 7 nitrogen and oxygen atoms in total. The Morgan fingerprint density at radius 2 is 1.84 bits per heavy atom. The lowest BCUT2D eigenvalue weighted by Crippen LogP contribution is -2.24. The van der Waals surface area contributed by atoms with E-state index in [1.165, 1.54) is 43.6 Å². The Morgan fingerprint density at radius 1 is 1.16 bits per heavy atom. The lowest BCUT2D eigenvalue weighted by molar-refractivity contribution is 0.103. The van der Waals surface area contributed by atoms with Crippen LogP contribution in [0.2, 0.25) is 0 Å². The smallest absolute Gasteiger partial charge is 0.265 e. The second-order valence-electron chi connectivity index (χ2n) is 7.44. The van der Waals surface area contributed by atoms with Crippen molar-refractivity contribution in [1.29, 1.82) is 0 Å². The first-order chi connectivity index (χ1) is 15.2. The molecule has 4 rings (SSSR count). The van der Waals surface area contributed by atoms with E-state index < -0.39 is 15.9 Å². The zero-order valence-corrected chi connectivity index (χ0v) is 19.3. The third kappa shape index (κ3) is 4.16. The molecule has 0 aliphatic heterocycles. The average molecular weight is 473 g/mol. The molecule has 32 heavy (non-hydrogen) atoms. The van der Waals surface area contributed by atoms with E-state index in [2.05, 4.69) is 10.4 Å². The molecule has 2 heterocycles. The van der Waals surface area contributed by atoms with Crippen LogP contribution in [0.3, 0.4) is 0 Å². The number of hydrogen-bond donors (Lipinski definition) is 1. The number of nitrogens with one attached hydrogen (secondary N) is 1. The number of thiophene rings is 1. The van der Waals surface area contributed by atoms with Crippen molar-refractivity contribution in [2.45, 2.75) is 18.4 Å². The fraction of sp³-hybridized carbons (Fsp3) is 0.182. The molecule has 0 aliphatic rings. The summed E-state index contributed by atoms with van der Waals surface area (Å²) < 4.78 is 41.3. The predicted molar refractivity (Wildman–Crippen MR) is 123 cm³/mol. The van der Waals surface area contributed by atoms with Crippen LogP contribution in [0, 0.1) is 12.7 Å². The van der Waals surface area contributed by atoms with Crippen LogP contribution in [0.4, 0.5) is 10.1 Å². The lowest BCUT2D eigenvalue weighted by atomic mass is 10.2. The number of fused-ring (bicyclic) bond motifs is 1. The Kier molecular flexibility index (Phi) is 5.85. The highest BCUT2D eigenvalue weighted by Crippen LogP contribution is 2.30. The van der Waals surface area contributed by atoms with Gasteiger partial charge in [-0.25, -0.2) is 17.1 Å². The van der Waals surface area contributed by atoms with Crippen molar-refractivity contribution >= 4 is 43.2 Å². The number of aromatic nitrogens is 2. The Balaban J connectivity index is 1.64. The van der Waals surface area contributed by atoms with E-state index in [1.54, 1.807) is 41.1 Å². The van der Waals surface area contributed by atoms with Crippen molar-refractivity contribution in [2.24, 2.45) is 0 Å². The minimum Gasteiger partial charge on any atom is -0.320 e. The number of aryl methyl sites for hydroxylation is 1. The molecule has 0 saturated heterocycles. The number of carbonyl (C=O) groups is 1.